The number of unbranched alkanes of at least 4 members (excludes halogenated alkanes) is 1. The van der Waals surface area contributed by atoms with E-state index in [2.05, 4.69) is 19.1 Å². The van der Waals surface area contributed by atoms with Gasteiger partial charge in [-0.2, -0.15) is 0 Å². The van der Waals surface area contributed by atoms with Crippen molar-refractivity contribution in [1.29, 1.82) is 0 Å². The first-order valence-corrected chi connectivity index (χ1v) is 6.75. The number of nitrogens with zero attached hydrogens (tertiary/aromatic N) is 1. The van der Waals surface area contributed by atoms with Gasteiger partial charge < -0.3 is 9.64 Å². The lowest BCUT2D eigenvalue weighted by Gasteiger charge is -2.33. The van der Waals surface area contributed by atoms with Gasteiger partial charge in [0.1, 0.15) is 6.10 Å². The second-order valence-electron chi connectivity index (χ2n) is 4.71. The summed E-state index contributed by atoms with van der Waals surface area (Å²) in [4.78, 5) is 13.9. The van der Waals surface area contributed by atoms with E-state index in [9.17, 15) is 4.79 Å². The Bertz CT molecular complexity index is 377. The molecule has 1 aliphatic rings. The second-order valence-corrected chi connectivity index (χ2v) is 4.71. The summed E-state index contributed by atoms with van der Waals surface area (Å²) in [5, 5.41) is 0. The number of amides is 1. The third kappa shape index (κ3) is 3.33. The van der Waals surface area contributed by atoms with Crippen LogP contribution in [0.3, 0.4) is 0 Å². The molecule has 1 aliphatic heterocycles. The molecule has 98 valence electrons. The first-order chi connectivity index (χ1) is 8.81. The van der Waals surface area contributed by atoms with Crippen LogP contribution in [0.4, 0.5) is 0 Å². The molecule has 0 bridgehead atoms. The second kappa shape index (κ2) is 6.55. The van der Waals surface area contributed by atoms with E-state index in [0.29, 0.717) is 19.6 Å². The number of benzene rings is 1. The van der Waals surface area contributed by atoms with E-state index in [-0.39, 0.29) is 12.0 Å². The van der Waals surface area contributed by atoms with E-state index in [4.69, 9.17) is 4.74 Å². The number of carbonyl (C=O) groups is 1. The molecule has 1 fully saturated rings. The highest BCUT2D eigenvalue weighted by Crippen LogP contribution is 2.22. The van der Waals surface area contributed by atoms with Crippen molar-refractivity contribution in [2.45, 2.75) is 32.3 Å². The molecule has 1 aromatic rings. The molecule has 0 N–H and O–H groups in total. The first-order valence-electron chi connectivity index (χ1n) is 6.75. The van der Waals surface area contributed by atoms with Gasteiger partial charge in [0, 0.05) is 13.0 Å². The van der Waals surface area contributed by atoms with Gasteiger partial charge in [0.15, 0.2) is 0 Å². The van der Waals surface area contributed by atoms with E-state index >= 15 is 0 Å². The van der Waals surface area contributed by atoms with E-state index in [1.165, 1.54) is 0 Å². The van der Waals surface area contributed by atoms with Crippen LogP contribution >= 0.6 is 0 Å². The van der Waals surface area contributed by atoms with Crippen molar-refractivity contribution in [3.05, 3.63) is 35.9 Å². The molecule has 18 heavy (non-hydrogen) atoms. The maximum atomic E-state index is 12.0. The number of carbonyl (C=O) groups excluding carboxylic acids is 1. The Hall–Kier alpha value is -1.35. The molecule has 1 aromatic carbocycles. The Labute approximate surface area is 109 Å². The molecule has 0 unspecified atom stereocenters. The van der Waals surface area contributed by atoms with Crippen LogP contribution in [0.1, 0.15) is 37.9 Å². The third-order valence-electron chi connectivity index (χ3n) is 3.33. The van der Waals surface area contributed by atoms with Crippen LogP contribution in [0, 0.1) is 0 Å². The zero-order valence-electron chi connectivity index (χ0n) is 11.0. The van der Waals surface area contributed by atoms with Gasteiger partial charge in [-0.25, -0.2) is 0 Å². The van der Waals surface area contributed by atoms with Crippen LogP contribution in [-0.4, -0.2) is 30.5 Å². The first kappa shape index (κ1) is 13.1. The van der Waals surface area contributed by atoms with E-state index in [1.807, 2.05) is 23.1 Å². The zero-order valence-corrected chi connectivity index (χ0v) is 11.0. The number of ether oxygens (including phenoxy) is 1. The molecule has 0 saturated carbocycles. The Morgan fingerprint density at radius 3 is 2.89 bits per heavy atom. The summed E-state index contributed by atoms with van der Waals surface area (Å²) < 4.78 is 5.75. The van der Waals surface area contributed by atoms with Gasteiger partial charge in [-0.1, -0.05) is 43.7 Å². The molecule has 1 heterocycles. The Kier molecular flexibility index (Phi) is 4.76. The molecular weight excluding hydrogens is 226 g/mol. The number of hydrogen-bond acceptors (Lipinski definition) is 2. The van der Waals surface area contributed by atoms with E-state index in [0.717, 1.165) is 24.9 Å². The lowest BCUT2D eigenvalue weighted by atomic mass is 10.1. The summed E-state index contributed by atoms with van der Waals surface area (Å²) >= 11 is 0. The normalized spacial score (nSPS) is 19.8. The average Bonchev–Trinajstić information content (AvgIpc) is 2.46. The molecule has 0 aromatic heterocycles. The van der Waals surface area contributed by atoms with Crippen LogP contribution in [-0.2, 0) is 9.53 Å². The van der Waals surface area contributed by atoms with Crippen LogP contribution in [0.15, 0.2) is 30.3 Å². The highest BCUT2D eigenvalue weighted by molar-refractivity contribution is 5.76. The molecule has 1 saturated heterocycles. The van der Waals surface area contributed by atoms with Crippen LogP contribution in [0.5, 0.6) is 0 Å². The van der Waals surface area contributed by atoms with Crippen molar-refractivity contribution in [2.75, 3.05) is 19.7 Å². The zero-order chi connectivity index (χ0) is 12.8. The SMILES string of the molecule is CCCCC(=O)N1CCO[C@H](c2ccccc2)C1. The number of hydrogen-bond donors (Lipinski definition) is 0. The van der Waals surface area contributed by atoms with Gasteiger partial charge in [0.05, 0.1) is 13.2 Å². The Morgan fingerprint density at radius 2 is 2.17 bits per heavy atom. The summed E-state index contributed by atoms with van der Waals surface area (Å²) in [6.45, 7) is 4.16. The molecule has 3 heteroatoms. The fraction of sp³-hybridized carbons (Fsp3) is 0.533. The van der Waals surface area contributed by atoms with Crippen molar-refractivity contribution in [3.63, 3.8) is 0 Å². The maximum Gasteiger partial charge on any atom is 0.222 e. The summed E-state index contributed by atoms with van der Waals surface area (Å²) in [5.41, 5.74) is 1.16. The highest BCUT2D eigenvalue weighted by Gasteiger charge is 2.24. The number of morpholine rings is 1. The minimum atomic E-state index is 0.0329. The van der Waals surface area contributed by atoms with E-state index in [1.54, 1.807) is 0 Å². The fourth-order valence-electron chi connectivity index (χ4n) is 2.23. The van der Waals surface area contributed by atoms with Gasteiger partial charge in [-0.3, -0.25) is 4.79 Å². The molecule has 1 atom stereocenters. The predicted octanol–water partition coefficient (Wildman–Crippen LogP) is 2.78. The van der Waals surface area contributed by atoms with Gasteiger partial charge in [-0.15, -0.1) is 0 Å². The minimum Gasteiger partial charge on any atom is -0.370 e. The molecular formula is C15H21NO2. The molecule has 0 aliphatic carbocycles. The van der Waals surface area contributed by atoms with Crippen molar-refractivity contribution >= 4 is 5.91 Å². The summed E-state index contributed by atoms with van der Waals surface area (Å²) in [6, 6.07) is 10.1. The van der Waals surface area contributed by atoms with Crippen molar-refractivity contribution in [3.8, 4) is 0 Å². The van der Waals surface area contributed by atoms with Gasteiger partial charge in [-0.05, 0) is 12.0 Å². The number of rotatable bonds is 4. The molecule has 0 spiro atoms. The standard InChI is InChI=1S/C15H21NO2/c1-2-3-9-15(17)16-10-11-18-14(12-16)13-7-5-4-6-8-13/h4-8,14H,2-3,9-12H2,1H3/t14-/m0/s1. The molecule has 2 rings (SSSR count). The van der Waals surface area contributed by atoms with Gasteiger partial charge in [0.25, 0.3) is 0 Å². The topological polar surface area (TPSA) is 29.5 Å². The Morgan fingerprint density at radius 1 is 1.39 bits per heavy atom. The van der Waals surface area contributed by atoms with Crippen molar-refractivity contribution in [1.82, 2.24) is 4.90 Å². The van der Waals surface area contributed by atoms with Crippen molar-refractivity contribution < 1.29 is 9.53 Å². The Balaban J connectivity index is 1.94. The monoisotopic (exact) mass is 247 g/mol. The maximum absolute atomic E-state index is 12.0. The molecule has 3 nitrogen and oxygen atoms in total. The predicted molar refractivity (Wildman–Crippen MR) is 71.2 cm³/mol. The van der Waals surface area contributed by atoms with Crippen LogP contribution < -0.4 is 0 Å². The van der Waals surface area contributed by atoms with E-state index < -0.39 is 0 Å². The lowest BCUT2D eigenvalue weighted by molar-refractivity contribution is -0.139. The summed E-state index contributed by atoms with van der Waals surface area (Å²) in [7, 11) is 0. The van der Waals surface area contributed by atoms with Crippen LogP contribution in [0.2, 0.25) is 0 Å². The molecule has 0 radical (unpaired) electrons. The fourth-order valence-corrected chi connectivity index (χ4v) is 2.23. The quantitative estimate of drug-likeness (QED) is 0.818. The largest absolute Gasteiger partial charge is 0.370 e. The average molecular weight is 247 g/mol. The van der Waals surface area contributed by atoms with Gasteiger partial charge in [0.2, 0.25) is 5.91 Å². The molecule has 1 amide bonds. The summed E-state index contributed by atoms with van der Waals surface area (Å²) in [6.07, 6.45) is 2.74. The highest BCUT2D eigenvalue weighted by atomic mass is 16.5. The third-order valence-corrected chi connectivity index (χ3v) is 3.33. The van der Waals surface area contributed by atoms with Gasteiger partial charge >= 0.3 is 0 Å². The minimum absolute atomic E-state index is 0.0329. The van der Waals surface area contributed by atoms with Crippen LogP contribution in [0.25, 0.3) is 0 Å². The summed E-state index contributed by atoms with van der Waals surface area (Å²) in [5.74, 6) is 0.265. The lowest BCUT2D eigenvalue weighted by Crippen LogP contribution is -2.42. The smallest absolute Gasteiger partial charge is 0.222 e. The van der Waals surface area contributed by atoms with Crippen molar-refractivity contribution in [2.24, 2.45) is 0 Å².